The summed E-state index contributed by atoms with van der Waals surface area (Å²) in [5, 5.41) is 6.49. The fourth-order valence-corrected chi connectivity index (χ4v) is 2.54. The number of hydrogen-bond donors (Lipinski definition) is 1. The van der Waals surface area contributed by atoms with Crippen LogP contribution >= 0.6 is 0 Å². The van der Waals surface area contributed by atoms with E-state index >= 15 is 0 Å². The Balaban J connectivity index is 1.70. The number of H-pyrrole nitrogens is 1. The number of hydrogen-bond acceptors (Lipinski definition) is 4. The number of halogens is 1. The highest BCUT2D eigenvalue weighted by Gasteiger charge is 2.16. The summed E-state index contributed by atoms with van der Waals surface area (Å²) in [6.45, 7) is 0.210. The van der Waals surface area contributed by atoms with E-state index in [1.807, 2.05) is 18.2 Å². The highest BCUT2D eigenvalue weighted by molar-refractivity contribution is 5.45. The Morgan fingerprint density at radius 2 is 1.91 bits per heavy atom. The van der Waals surface area contributed by atoms with Crippen molar-refractivity contribution in [2.75, 3.05) is 6.79 Å². The lowest BCUT2D eigenvalue weighted by Crippen LogP contribution is -2.17. The summed E-state index contributed by atoms with van der Waals surface area (Å²) >= 11 is 0. The minimum absolute atomic E-state index is 0.210. The summed E-state index contributed by atoms with van der Waals surface area (Å²) in [6.07, 6.45) is 0.423. The number of ether oxygens (including phenoxy) is 2. The smallest absolute Gasteiger partial charge is 0.347 e. The van der Waals surface area contributed by atoms with Crippen LogP contribution in [0.5, 0.6) is 11.5 Å². The lowest BCUT2D eigenvalue weighted by atomic mass is 10.1. The molecule has 1 aliphatic heterocycles. The van der Waals surface area contributed by atoms with E-state index in [2.05, 4.69) is 10.2 Å². The van der Waals surface area contributed by atoms with Gasteiger partial charge in [0.2, 0.25) is 6.79 Å². The quantitative estimate of drug-likeness (QED) is 0.803. The minimum atomic E-state index is -0.368. The van der Waals surface area contributed by atoms with Crippen molar-refractivity contribution >= 4 is 0 Å². The number of aromatic nitrogens is 3. The average Bonchev–Trinajstić information content (AvgIpc) is 3.15. The van der Waals surface area contributed by atoms with Gasteiger partial charge in [-0.3, -0.25) is 0 Å². The van der Waals surface area contributed by atoms with E-state index in [9.17, 15) is 9.18 Å². The molecule has 0 saturated heterocycles. The lowest BCUT2D eigenvalue weighted by molar-refractivity contribution is 0.174. The minimum Gasteiger partial charge on any atom is -0.454 e. The molecule has 0 spiro atoms. The van der Waals surface area contributed by atoms with Gasteiger partial charge >= 0.3 is 5.69 Å². The van der Waals surface area contributed by atoms with Crippen LogP contribution in [0.4, 0.5) is 4.39 Å². The molecule has 1 aliphatic rings. The Morgan fingerprint density at radius 1 is 1.13 bits per heavy atom. The molecule has 0 bridgehead atoms. The maximum Gasteiger partial charge on any atom is 0.347 e. The van der Waals surface area contributed by atoms with Crippen LogP contribution in [0.25, 0.3) is 5.69 Å². The topological polar surface area (TPSA) is 69.1 Å². The van der Waals surface area contributed by atoms with Crippen LogP contribution in [0, 0.1) is 5.82 Å². The molecular weight excluding hydrogens is 301 g/mol. The van der Waals surface area contributed by atoms with E-state index < -0.39 is 0 Å². The molecule has 0 atom stereocenters. The first-order valence-corrected chi connectivity index (χ1v) is 7.01. The second kappa shape index (κ2) is 5.28. The molecule has 0 saturated carbocycles. The summed E-state index contributed by atoms with van der Waals surface area (Å²) in [7, 11) is 0. The van der Waals surface area contributed by atoms with Crippen LogP contribution in [0.3, 0.4) is 0 Å². The molecule has 0 fully saturated rings. The van der Waals surface area contributed by atoms with Gasteiger partial charge in [0.1, 0.15) is 11.6 Å². The molecule has 1 aromatic heterocycles. The summed E-state index contributed by atoms with van der Waals surface area (Å²) < 4.78 is 25.1. The number of benzene rings is 2. The number of rotatable bonds is 3. The van der Waals surface area contributed by atoms with E-state index in [-0.39, 0.29) is 18.3 Å². The fraction of sp³-hybridized carbons (Fsp3) is 0.125. The zero-order valence-corrected chi connectivity index (χ0v) is 12.0. The van der Waals surface area contributed by atoms with Gasteiger partial charge < -0.3 is 9.47 Å². The number of fused-ring (bicyclic) bond motifs is 1. The van der Waals surface area contributed by atoms with Crippen molar-refractivity contribution in [2.24, 2.45) is 0 Å². The molecule has 4 rings (SSSR count). The zero-order chi connectivity index (χ0) is 15.8. The van der Waals surface area contributed by atoms with Gasteiger partial charge in [0.05, 0.1) is 5.69 Å². The molecule has 3 aromatic rings. The molecule has 23 heavy (non-hydrogen) atoms. The average molecular weight is 313 g/mol. The Kier molecular flexibility index (Phi) is 3.11. The first kappa shape index (κ1) is 13.6. The van der Waals surface area contributed by atoms with Crippen molar-refractivity contribution in [1.82, 2.24) is 14.8 Å². The molecule has 7 heteroatoms. The highest BCUT2D eigenvalue weighted by Crippen LogP contribution is 2.33. The van der Waals surface area contributed by atoms with Gasteiger partial charge in [0.25, 0.3) is 0 Å². The molecule has 0 aliphatic carbocycles. The summed E-state index contributed by atoms with van der Waals surface area (Å²) in [5.74, 6) is 1.54. The first-order valence-electron chi connectivity index (χ1n) is 7.01. The van der Waals surface area contributed by atoms with Crippen LogP contribution in [-0.4, -0.2) is 21.6 Å². The Bertz CT molecular complexity index is 915. The van der Waals surface area contributed by atoms with Gasteiger partial charge in [-0.2, -0.15) is 5.10 Å². The number of nitrogens with one attached hydrogen (secondary N) is 1. The van der Waals surface area contributed by atoms with Gasteiger partial charge in [-0.05, 0) is 42.0 Å². The fourth-order valence-electron chi connectivity index (χ4n) is 2.54. The van der Waals surface area contributed by atoms with Crippen molar-refractivity contribution < 1.29 is 13.9 Å². The second-order valence-corrected chi connectivity index (χ2v) is 5.12. The third-order valence-electron chi connectivity index (χ3n) is 3.63. The standard InChI is InChI=1S/C16H12FN3O3/c17-11-2-4-12(5-3-11)20-15(18-19-16(20)21)8-10-1-6-13-14(7-10)23-9-22-13/h1-7H,8-9H2,(H,19,21). The van der Waals surface area contributed by atoms with E-state index in [4.69, 9.17) is 9.47 Å². The predicted molar refractivity (Wildman–Crippen MR) is 79.5 cm³/mol. The van der Waals surface area contributed by atoms with Gasteiger partial charge in [0, 0.05) is 6.42 Å². The van der Waals surface area contributed by atoms with Crippen molar-refractivity contribution in [3.63, 3.8) is 0 Å². The van der Waals surface area contributed by atoms with E-state index in [0.29, 0.717) is 29.4 Å². The van der Waals surface area contributed by atoms with Crippen molar-refractivity contribution in [3.8, 4) is 17.2 Å². The monoisotopic (exact) mass is 313 g/mol. The normalized spacial score (nSPS) is 12.6. The molecule has 2 aromatic carbocycles. The molecule has 116 valence electrons. The van der Waals surface area contributed by atoms with E-state index in [0.717, 1.165) is 5.56 Å². The maximum atomic E-state index is 13.1. The van der Waals surface area contributed by atoms with Gasteiger partial charge in [0.15, 0.2) is 11.5 Å². The van der Waals surface area contributed by atoms with Crippen molar-refractivity contribution in [2.45, 2.75) is 6.42 Å². The molecule has 6 nitrogen and oxygen atoms in total. The summed E-state index contributed by atoms with van der Waals surface area (Å²) in [6, 6.07) is 11.3. The third-order valence-corrected chi connectivity index (χ3v) is 3.63. The van der Waals surface area contributed by atoms with E-state index in [1.165, 1.54) is 28.8 Å². The molecule has 0 radical (unpaired) electrons. The highest BCUT2D eigenvalue weighted by atomic mass is 19.1. The number of aromatic amines is 1. The second-order valence-electron chi connectivity index (χ2n) is 5.12. The third kappa shape index (κ3) is 2.46. The Labute approximate surface area is 130 Å². The van der Waals surface area contributed by atoms with Gasteiger partial charge in [-0.15, -0.1) is 0 Å². The van der Waals surface area contributed by atoms with Crippen LogP contribution in [0.1, 0.15) is 11.4 Å². The summed E-state index contributed by atoms with van der Waals surface area (Å²) in [5.41, 5.74) is 1.12. The Morgan fingerprint density at radius 3 is 2.74 bits per heavy atom. The van der Waals surface area contributed by atoms with Gasteiger partial charge in [-0.25, -0.2) is 18.9 Å². The predicted octanol–water partition coefficient (Wildman–Crippen LogP) is 2.02. The maximum absolute atomic E-state index is 13.1. The molecule has 0 unspecified atom stereocenters. The Hall–Kier alpha value is -3.09. The van der Waals surface area contributed by atoms with E-state index in [1.54, 1.807) is 0 Å². The zero-order valence-electron chi connectivity index (χ0n) is 12.0. The van der Waals surface area contributed by atoms with Crippen LogP contribution < -0.4 is 15.2 Å². The summed E-state index contributed by atoms with van der Waals surface area (Å²) in [4.78, 5) is 12.0. The molecule has 0 amide bonds. The SMILES string of the molecule is O=c1[nH]nc(Cc2ccc3c(c2)OCO3)n1-c1ccc(F)cc1. The first-order chi connectivity index (χ1) is 11.2. The number of nitrogens with zero attached hydrogens (tertiary/aromatic N) is 2. The van der Waals surface area contributed by atoms with Crippen LogP contribution in [0.15, 0.2) is 47.3 Å². The van der Waals surface area contributed by atoms with Crippen LogP contribution in [-0.2, 0) is 6.42 Å². The van der Waals surface area contributed by atoms with Crippen molar-refractivity contribution in [3.05, 3.63) is 70.2 Å². The molecule has 1 N–H and O–H groups in total. The van der Waals surface area contributed by atoms with Crippen LogP contribution in [0.2, 0.25) is 0 Å². The van der Waals surface area contributed by atoms with Gasteiger partial charge in [-0.1, -0.05) is 6.07 Å². The molecule has 2 heterocycles. The largest absolute Gasteiger partial charge is 0.454 e. The molecular formula is C16H12FN3O3. The van der Waals surface area contributed by atoms with Crippen molar-refractivity contribution in [1.29, 1.82) is 0 Å². The lowest BCUT2D eigenvalue weighted by Gasteiger charge is -2.06.